The van der Waals surface area contributed by atoms with E-state index in [1.165, 1.54) is 16.7 Å². The summed E-state index contributed by atoms with van der Waals surface area (Å²) in [5, 5.41) is 0. The molecule has 0 N–H and O–H groups in total. The second kappa shape index (κ2) is 12.1. The average Bonchev–Trinajstić information content (AvgIpc) is 3.09. The molecule has 0 amide bonds. The molecule has 0 spiro atoms. The molecule has 198 valence electrons. The van der Waals surface area contributed by atoms with E-state index in [1.54, 1.807) is 0 Å². The van der Waals surface area contributed by atoms with Crippen LogP contribution in [0.5, 0.6) is 0 Å². The summed E-state index contributed by atoms with van der Waals surface area (Å²) in [7, 11) is -1.79. The van der Waals surface area contributed by atoms with Crippen molar-refractivity contribution in [1.82, 2.24) is 0 Å². The average molecular weight is 540 g/mol. The first-order valence-corrected chi connectivity index (χ1v) is 14.2. The molecule has 0 aromatic heterocycles. The standard InChI is InChI=1S/C36H27B3O3/c1-4-10-28(11-5-1)31-16-22-34(23-17-31)37-40-38(35-24-18-32(19-25-35)29-12-6-2-7-13-29)42-39(41-37)36-26-20-33(21-27-36)30-14-8-3-9-15-30/h1-27H. The Labute approximate surface area is 248 Å². The fourth-order valence-corrected chi connectivity index (χ4v) is 5.29. The van der Waals surface area contributed by atoms with Gasteiger partial charge in [-0.2, -0.15) is 0 Å². The summed E-state index contributed by atoms with van der Waals surface area (Å²) in [4.78, 5) is 0. The smallest absolute Gasteiger partial charge is 0.445 e. The highest BCUT2D eigenvalue weighted by Gasteiger charge is 2.43. The predicted octanol–water partition coefficient (Wildman–Crippen LogP) is 6.24. The van der Waals surface area contributed by atoms with Crippen LogP contribution in [0, 0.1) is 0 Å². The topological polar surface area (TPSA) is 27.7 Å². The lowest BCUT2D eigenvalue weighted by molar-refractivity contribution is 0.308. The van der Waals surface area contributed by atoms with E-state index in [1.807, 2.05) is 18.2 Å². The Morgan fingerprint density at radius 2 is 0.452 bits per heavy atom. The monoisotopic (exact) mass is 540 g/mol. The van der Waals surface area contributed by atoms with Crippen LogP contribution in [-0.4, -0.2) is 21.4 Å². The molecular weight excluding hydrogens is 513 g/mol. The third kappa shape index (κ3) is 5.74. The van der Waals surface area contributed by atoms with Crippen molar-refractivity contribution in [3.8, 4) is 33.4 Å². The molecule has 6 aromatic carbocycles. The highest BCUT2D eigenvalue weighted by Crippen LogP contribution is 2.21. The lowest BCUT2D eigenvalue weighted by Crippen LogP contribution is -2.61. The molecule has 6 aromatic rings. The van der Waals surface area contributed by atoms with E-state index >= 15 is 0 Å². The fraction of sp³-hybridized carbons (Fsp3) is 0. The van der Waals surface area contributed by atoms with Crippen LogP contribution in [0.2, 0.25) is 0 Å². The number of hydrogen-bond acceptors (Lipinski definition) is 3. The van der Waals surface area contributed by atoms with Gasteiger partial charge in [-0.15, -0.1) is 0 Å². The molecule has 1 saturated heterocycles. The fourth-order valence-electron chi connectivity index (χ4n) is 5.29. The van der Waals surface area contributed by atoms with Crippen LogP contribution in [0.1, 0.15) is 0 Å². The molecule has 1 fully saturated rings. The van der Waals surface area contributed by atoms with E-state index in [2.05, 4.69) is 146 Å². The molecule has 0 saturated carbocycles. The van der Waals surface area contributed by atoms with Crippen molar-refractivity contribution < 1.29 is 13.7 Å². The number of hydrogen-bond donors (Lipinski definition) is 0. The van der Waals surface area contributed by atoms with Gasteiger partial charge in [-0.05, 0) is 49.8 Å². The highest BCUT2D eigenvalue weighted by molar-refractivity contribution is 6.87. The molecule has 1 heterocycles. The van der Waals surface area contributed by atoms with Crippen molar-refractivity contribution >= 4 is 37.7 Å². The lowest BCUT2D eigenvalue weighted by Gasteiger charge is -2.31. The number of benzene rings is 6. The zero-order valence-corrected chi connectivity index (χ0v) is 23.0. The van der Waals surface area contributed by atoms with Gasteiger partial charge in [-0.25, -0.2) is 0 Å². The van der Waals surface area contributed by atoms with Crippen LogP contribution in [0.4, 0.5) is 0 Å². The quantitative estimate of drug-likeness (QED) is 0.235. The summed E-state index contributed by atoms with van der Waals surface area (Å²) in [5.41, 5.74) is 9.77. The van der Waals surface area contributed by atoms with Gasteiger partial charge in [0.05, 0.1) is 0 Å². The van der Waals surface area contributed by atoms with E-state index in [4.69, 9.17) is 13.7 Å². The summed E-state index contributed by atoms with van der Waals surface area (Å²) in [6, 6.07) is 56.2. The van der Waals surface area contributed by atoms with Crippen LogP contribution in [0.3, 0.4) is 0 Å². The SMILES string of the molecule is c1ccc(-c2ccc(B3OB(c4ccc(-c5ccccc5)cc4)OB(c4ccc(-c5ccccc5)cc4)O3)cc2)cc1. The molecule has 7 rings (SSSR count). The normalized spacial score (nSPS) is 13.3. The van der Waals surface area contributed by atoms with Crippen LogP contribution in [0.15, 0.2) is 164 Å². The third-order valence-corrected chi connectivity index (χ3v) is 7.61. The molecule has 0 bridgehead atoms. The third-order valence-electron chi connectivity index (χ3n) is 7.61. The van der Waals surface area contributed by atoms with Gasteiger partial charge in [0.25, 0.3) is 0 Å². The molecule has 0 aliphatic carbocycles. The Morgan fingerprint density at radius 3 is 0.690 bits per heavy atom. The van der Waals surface area contributed by atoms with Crippen molar-refractivity contribution in [1.29, 1.82) is 0 Å². The predicted molar refractivity (Wildman–Crippen MR) is 175 cm³/mol. The molecule has 3 nitrogen and oxygen atoms in total. The molecule has 6 heteroatoms. The van der Waals surface area contributed by atoms with Crippen LogP contribution >= 0.6 is 0 Å². The van der Waals surface area contributed by atoms with Crippen LogP contribution in [0.25, 0.3) is 33.4 Å². The molecule has 42 heavy (non-hydrogen) atoms. The maximum Gasteiger partial charge on any atom is 0.467 e. The van der Waals surface area contributed by atoms with Crippen molar-refractivity contribution in [2.45, 2.75) is 0 Å². The Balaban J connectivity index is 1.18. The van der Waals surface area contributed by atoms with Gasteiger partial charge >= 0.3 is 21.4 Å². The number of rotatable bonds is 6. The largest absolute Gasteiger partial charge is 0.467 e. The van der Waals surface area contributed by atoms with Crippen molar-refractivity contribution in [2.24, 2.45) is 0 Å². The molecule has 0 atom stereocenters. The first kappa shape index (κ1) is 26.3. The van der Waals surface area contributed by atoms with E-state index in [0.29, 0.717) is 0 Å². The minimum absolute atomic E-state index is 0.596. The maximum absolute atomic E-state index is 6.45. The summed E-state index contributed by atoms with van der Waals surface area (Å²) >= 11 is 0. The van der Waals surface area contributed by atoms with Gasteiger partial charge in [-0.3, -0.25) is 0 Å². The van der Waals surface area contributed by atoms with Gasteiger partial charge < -0.3 is 13.7 Å². The van der Waals surface area contributed by atoms with Gasteiger partial charge in [-0.1, -0.05) is 164 Å². The minimum Gasteiger partial charge on any atom is -0.445 e. The van der Waals surface area contributed by atoms with Gasteiger partial charge in [0.15, 0.2) is 0 Å². The van der Waals surface area contributed by atoms with Crippen molar-refractivity contribution in [3.05, 3.63) is 164 Å². The maximum atomic E-state index is 6.45. The first-order valence-electron chi connectivity index (χ1n) is 14.2. The Bertz CT molecular complexity index is 1510. The highest BCUT2D eigenvalue weighted by atomic mass is 16.7. The summed E-state index contributed by atoms with van der Waals surface area (Å²) in [6.07, 6.45) is 0. The first-order chi connectivity index (χ1) is 20.8. The lowest BCUT2D eigenvalue weighted by atomic mass is 9.61. The second-order valence-electron chi connectivity index (χ2n) is 10.4. The second-order valence-corrected chi connectivity index (χ2v) is 10.4. The zero-order chi connectivity index (χ0) is 28.1. The molecule has 0 radical (unpaired) electrons. The van der Waals surface area contributed by atoms with E-state index < -0.39 is 21.4 Å². The van der Waals surface area contributed by atoms with Crippen LogP contribution in [-0.2, 0) is 13.7 Å². The van der Waals surface area contributed by atoms with Gasteiger partial charge in [0.1, 0.15) is 0 Å². The van der Waals surface area contributed by atoms with E-state index in [9.17, 15) is 0 Å². The Kier molecular flexibility index (Phi) is 7.58. The summed E-state index contributed by atoms with van der Waals surface area (Å²) in [5.74, 6) is 0. The summed E-state index contributed by atoms with van der Waals surface area (Å²) in [6.45, 7) is 0. The molecular formula is C36H27B3O3. The zero-order valence-electron chi connectivity index (χ0n) is 23.0. The Hall–Kier alpha value is -4.61. The van der Waals surface area contributed by atoms with Crippen molar-refractivity contribution in [3.63, 3.8) is 0 Å². The van der Waals surface area contributed by atoms with Crippen LogP contribution < -0.4 is 16.4 Å². The van der Waals surface area contributed by atoms with E-state index in [0.717, 1.165) is 33.1 Å². The molecule has 0 unspecified atom stereocenters. The molecule has 1 aliphatic heterocycles. The minimum atomic E-state index is -0.596. The van der Waals surface area contributed by atoms with E-state index in [-0.39, 0.29) is 0 Å². The van der Waals surface area contributed by atoms with Crippen molar-refractivity contribution in [2.75, 3.05) is 0 Å². The molecule has 1 aliphatic rings. The van der Waals surface area contributed by atoms with Gasteiger partial charge in [0, 0.05) is 0 Å². The Morgan fingerprint density at radius 1 is 0.238 bits per heavy atom. The van der Waals surface area contributed by atoms with Gasteiger partial charge in [0.2, 0.25) is 0 Å². The summed E-state index contributed by atoms with van der Waals surface area (Å²) < 4.78 is 19.4.